The van der Waals surface area contributed by atoms with E-state index in [9.17, 15) is 14.7 Å². The van der Waals surface area contributed by atoms with Crippen molar-refractivity contribution in [3.05, 3.63) is 43.8 Å². The van der Waals surface area contributed by atoms with Gasteiger partial charge < -0.3 is 9.67 Å². The molecule has 4 bridgehead atoms. The molecule has 4 aliphatic carbocycles. The number of carboxylic acid groups (broad SMARTS) is 1. The lowest BCUT2D eigenvalue weighted by atomic mass is 9.53. The molecule has 1 heterocycles. The Labute approximate surface area is 159 Å². The molecule has 1 aromatic heterocycles. The van der Waals surface area contributed by atoms with Gasteiger partial charge in [-0.15, -0.1) is 0 Å². The predicted octanol–water partition coefficient (Wildman–Crippen LogP) is 4.23. The highest BCUT2D eigenvalue weighted by Gasteiger charge is 2.52. The molecule has 0 spiro atoms. The minimum Gasteiger partial charge on any atom is -0.477 e. The van der Waals surface area contributed by atoms with Crippen molar-refractivity contribution in [3.8, 4) is 0 Å². The molecule has 0 aliphatic heterocycles. The Bertz CT molecular complexity index is 926. The molecule has 4 aliphatic rings. The average molecular weight is 449 g/mol. The number of nitrogens with zero attached hydrogens (tertiary/aromatic N) is 1. The SMILES string of the molecule is O=C(O)c1cn(C23CC4CC(CC(C4)C2)C3)c2cc(I)ccc2c1=O. The van der Waals surface area contributed by atoms with Crippen molar-refractivity contribution in [2.75, 3.05) is 0 Å². The van der Waals surface area contributed by atoms with Crippen LogP contribution in [0.4, 0.5) is 0 Å². The molecule has 4 saturated carbocycles. The summed E-state index contributed by atoms with van der Waals surface area (Å²) in [6, 6.07) is 5.73. The maximum Gasteiger partial charge on any atom is 0.341 e. The van der Waals surface area contributed by atoms with Gasteiger partial charge in [0.15, 0.2) is 0 Å². The maximum atomic E-state index is 12.7. The highest BCUT2D eigenvalue weighted by Crippen LogP contribution is 2.59. The number of aromatic nitrogens is 1. The Balaban J connectivity index is 1.81. The number of carboxylic acids is 1. The highest BCUT2D eigenvalue weighted by molar-refractivity contribution is 14.1. The van der Waals surface area contributed by atoms with Gasteiger partial charge in [0.1, 0.15) is 5.56 Å². The number of fused-ring (bicyclic) bond motifs is 1. The fourth-order valence-corrected chi connectivity index (χ4v) is 6.68. The number of benzene rings is 1. The van der Waals surface area contributed by atoms with E-state index in [0.717, 1.165) is 46.1 Å². The first-order chi connectivity index (χ1) is 11.9. The van der Waals surface area contributed by atoms with E-state index in [1.807, 2.05) is 12.1 Å². The molecule has 6 rings (SSSR count). The summed E-state index contributed by atoms with van der Waals surface area (Å²) < 4.78 is 3.27. The molecular weight excluding hydrogens is 429 g/mol. The van der Waals surface area contributed by atoms with E-state index in [-0.39, 0.29) is 16.5 Å². The lowest BCUT2D eigenvalue weighted by Crippen LogP contribution is -2.52. The summed E-state index contributed by atoms with van der Waals surface area (Å²) in [5.74, 6) is 1.16. The average Bonchev–Trinajstić information content (AvgIpc) is 2.53. The van der Waals surface area contributed by atoms with Crippen molar-refractivity contribution >= 4 is 39.5 Å². The number of hydrogen-bond acceptors (Lipinski definition) is 2. The van der Waals surface area contributed by atoms with Gasteiger partial charge in [-0.05, 0) is 97.1 Å². The third kappa shape index (κ3) is 2.31. The van der Waals surface area contributed by atoms with Crippen molar-refractivity contribution in [1.29, 1.82) is 0 Å². The van der Waals surface area contributed by atoms with Crippen molar-refractivity contribution < 1.29 is 9.90 Å². The van der Waals surface area contributed by atoms with Crippen molar-refractivity contribution in [1.82, 2.24) is 4.57 Å². The molecule has 0 unspecified atom stereocenters. The summed E-state index contributed by atoms with van der Waals surface area (Å²) in [4.78, 5) is 24.4. The summed E-state index contributed by atoms with van der Waals surface area (Å²) >= 11 is 2.27. The molecule has 25 heavy (non-hydrogen) atoms. The lowest BCUT2D eigenvalue weighted by Gasteiger charge is -2.57. The van der Waals surface area contributed by atoms with Gasteiger partial charge in [-0.25, -0.2) is 4.79 Å². The van der Waals surface area contributed by atoms with E-state index in [1.54, 1.807) is 12.3 Å². The Morgan fingerprint density at radius 3 is 2.28 bits per heavy atom. The molecule has 0 atom stereocenters. The molecule has 5 heteroatoms. The lowest BCUT2D eigenvalue weighted by molar-refractivity contribution is -0.0411. The zero-order valence-corrected chi connectivity index (χ0v) is 16.0. The largest absolute Gasteiger partial charge is 0.477 e. The molecule has 0 saturated heterocycles. The fourth-order valence-electron chi connectivity index (χ4n) is 6.20. The van der Waals surface area contributed by atoms with Crippen LogP contribution >= 0.6 is 22.6 Å². The third-order valence-electron chi connectivity index (χ3n) is 6.71. The van der Waals surface area contributed by atoms with Crippen LogP contribution in [0, 0.1) is 21.3 Å². The second-order valence-electron chi connectivity index (χ2n) is 8.35. The standard InChI is InChI=1S/C20H20INO3/c21-14-1-2-15-17(6-14)22(10-16(18(15)23)19(24)25)20-7-11-3-12(8-20)5-13(4-11)9-20/h1-2,6,10-13H,3-5,7-9H2,(H,24,25). The van der Waals surface area contributed by atoms with Crippen LogP contribution in [0.3, 0.4) is 0 Å². The molecule has 1 aromatic carbocycles. The van der Waals surface area contributed by atoms with Crippen LogP contribution in [0.1, 0.15) is 48.9 Å². The van der Waals surface area contributed by atoms with Gasteiger partial charge in [0, 0.05) is 20.7 Å². The summed E-state index contributed by atoms with van der Waals surface area (Å²) in [7, 11) is 0. The van der Waals surface area contributed by atoms with Crippen LogP contribution in [0.15, 0.2) is 29.2 Å². The molecule has 130 valence electrons. The Hall–Kier alpha value is -1.37. The molecule has 1 N–H and O–H groups in total. The Morgan fingerprint density at radius 1 is 1.12 bits per heavy atom. The van der Waals surface area contributed by atoms with E-state index in [2.05, 4.69) is 27.2 Å². The van der Waals surface area contributed by atoms with Crippen LogP contribution < -0.4 is 5.43 Å². The first kappa shape index (κ1) is 15.9. The number of halogens is 1. The topological polar surface area (TPSA) is 59.3 Å². The van der Waals surface area contributed by atoms with Crippen LogP contribution in [0.5, 0.6) is 0 Å². The second-order valence-corrected chi connectivity index (χ2v) is 9.60. The summed E-state index contributed by atoms with van der Waals surface area (Å²) in [5.41, 5.74) is 0.447. The number of carbonyl (C=O) groups is 1. The number of pyridine rings is 1. The Kier molecular flexibility index (Phi) is 3.37. The van der Waals surface area contributed by atoms with Crippen molar-refractivity contribution in [3.63, 3.8) is 0 Å². The van der Waals surface area contributed by atoms with Gasteiger partial charge in [-0.1, -0.05) is 0 Å². The summed E-state index contributed by atoms with van der Waals surface area (Å²) in [5, 5.41) is 10.1. The van der Waals surface area contributed by atoms with E-state index >= 15 is 0 Å². The van der Waals surface area contributed by atoms with Gasteiger partial charge >= 0.3 is 5.97 Å². The van der Waals surface area contributed by atoms with E-state index < -0.39 is 5.97 Å². The monoisotopic (exact) mass is 449 g/mol. The number of hydrogen-bond donors (Lipinski definition) is 1. The fraction of sp³-hybridized carbons (Fsp3) is 0.500. The summed E-state index contributed by atoms with van der Waals surface area (Å²) in [6.45, 7) is 0. The normalized spacial score (nSPS) is 33.1. The highest BCUT2D eigenvalue weighted by atomic mass is 127. The zero-order chi connectivity index (χ0) is 17.3. The van der Waals surface area contributed by atoms with Gasteiger partial charge in [0.2, 0.25) is 5.43 Å². The minimum atomic E-state index is -1.12. The van der Waals surface area contributed by atoms with Gasteiger partial charge in [0.05, 0.1) is 5.52 Å². The van der Waals surface area contributed by atoms with Gasteiger partial charge in [-0.3, -0.25) is 4.79 Å². The summed E-state index contributed by atoms with van der Waals surface area (Å²) in [6.07, 6.45) is 9.03. The first-order valence-corrected chi connectivity index (χ1v) is 10.1. The van der Waals surface area contributed by atoms with Crippen LogP contribution in [0.25, 0.3) is 10.9 Å². The van der Waals surface area contributed by atoms with Crippen LogP contribution in [-0.2, 0) is 5.54 Å². The van der Waals surface area contributed by atoms with E-state index in [1.165, 1.54) is 19.3 Å². The van der Waals surface area contributed by atoms with E-state index in [4.69, 9.17) is 0 Å². The second kappa shape index (κ2) is 5.32. The Morgan fingerprint density at radius 2 is 1.72 bits per heavy atom. The predicted molar refractivity (Wildman–Crippen MR) is 104 cm³/mol. The molecule has 4 nitrogen and oxygen atoms in total. The first-order valence-electron chi connectivity index (χ1n) is 9.04. The number of aromatic carboxylic acids is 1. The molecular formula is C20H20INO3. The van der Waals surface area contributed by atoms with Crippen molar-refractivity contribution in [2.24, 2.45) is 17.8 Å². The minimum absolute atomic E-state index is 0.00463. The van der Waals surface area contributed by atoms with Crippen LogP contribution in [0.2, 0.25) is 0 Å². The maximum absolute atomic E-state index is 12.7. The molecule has 4 fully saturated rings. The molecule has 0 radical (unpaired) electrons. The van der Waals surface area contributed by atoms with Crippen molar-refractivity contribution in [2.45, 2.75) is 44.1 Å². The van der Waals surface area contributed by atoms with Crippen LogP contribution in [-0.4, -0.2) is 15.6 Å². The number of rotatable bonds is 2. The van der Waals surface area contributed by atoms with E-state index in [0.29, 0.717) is 5.39 Å². The zero-order valence-electron chi connectivity index (χ0n) is 13.9. The quantitative estimate of drug-likeness (QED) is 0.699. The third-order valence-corrected chi connectivity index (χ3v) is 7.39. The molecule has 2 aromatic rings. The van der Waals surface area contributed by atoms with Gasteiger partial charge in [-0.2, -0.15) is 0 Å². The smallest absolute Gasteiger partial charge is 0.341 e. The van der Waals surface area contributed by atoms with Gasteiger partial charge in [0.25, 0.3) is 0 Å². The molecule has 0 amide bonds.